The highest BCUT2D eigenvalue weighted by Crippen LogP contribution is 2.29. The summed E-state index contributed by atoms with van der Waals surface area (Å²) in [5.74, 6) is -0.673. The number of hydrogen-bond donors (Lipinski definition) is 0. The normalized spacial score (nSPS) is 13.8. The van der Waals surface area contributed by atoms with Crippen LogP contribution in [0.1, 0.15) is 40.3 Å². The third kappa shape index (κ3) is 11.5. The Morgan fingerprint density at radius 3 is 2.09 bits per heavy atom. The van der Waals surface area contributed by atoms with Crippen LogP contribution in [0.15, 0.2) is 109 Å². The maximum Gasteiger partial charge on any atom is 0.416 e. The van der Waals surface area contributed by atoms with Gasteiger partial charge in [-0.3, -0.25) is 14.4 Å². The molecule has 1 atom stereocenters. The molecular formula is C44H47F3N6O3. The molecule has 0 bridgehead atoms. The van der Waals surface area contributed by atoms with Crippen LogP contribution in [-0.2, 0) is 40.1 Å². The molecule has 1 aliphatic rings. The second-order valence-corrected chi connectivity index (χ2v) is 14.1. The van der Waals surface area contributed by atoms with E-state index < -0.39 is 23.7 Å². The van der Waals surface area contributed by atoms with Gasteiger partial charge in [-0.15, -0.1) is 0 Å². The average molecular weight is 765 g/mol. The van der Waals surface area contributed by atoms with Gasteiger partial charge in [0.2, 0.25) is 17.7 Å². The van der Waals surface area contributed by atoms with E-state index in [1.54, 1.807) is 24.9 Å². The Balaban J connectivity index is 1.40. The Bertz CT molecular complexity index is 2000. The van der Waals surface area contributed by atoms with E-state index in [0.29, 0.717) is 56.9 Å². The number of alkyl halides is 3. The lowest BCUT2D eigenvalue weighted by Crippen LogP contribution is -2.51. The molecule has 0 aliphatic carbocycles. The summed E-state index contributed by atoms with van der Waals surface area (Å²) in [7, 11) is 3.65. The molecule has 0 spiro atoms. The first-order valence-electron chi connectivity index (χ1n) is 18.5. The third-order valence-electron chi connectivity index (χ3n) is 9.95. The van der Waals surface area contributed by atoms with Gasteiger partial charge in [-0.1, -0.05) is 66.7 Å². The molecule has 5 rings (SSSR count). The topological polar surface area (TPSA) is 91.2 Å². The van der Waals surface area contributed by atoms with Crippen LogP contribution >= 0.6 is 0 Å². The highest BCUT2D eigenvalue weighted by Gasteiger charge is 2.32. The maximum atomic E-state index is 14.5. The summed E-state index contributed by atoms with van der Waals surface area (Å²) in [4.78, 5) is 49.8. The molecule has 3 amide bonds. The number of rotatable bonds is 14. The quantitative estimate of drug-likeness (QED) is 0.137. The molecule has 292 valence electrons. The minimum atomic E-state index is -4.48. The molecule has 0 radical (unpaired) electrons. The SMILES string of the molecule is CC(=O)N1CCN(c2ccc(CN(C(=O)C=Cc3ccc(C(F)(F)F)cc3)[C@@H](Cc3ccccc3)C(=O)N(C)CCN(C)Cc3cccc(C#N)c3)cc2)CC1. The van der Waals surface area contributed by atoms with Crippen molar-refractivity contribution in [2.45, 2.75) is 38.7 Å². The van der Waals surface area contributed by atoms with Crippen molar-refractivity contribution in [2.24, 2.45) is 0 Å². The Labute approximate surface area is 326 Å². The van der Waals surface area contributed by atoms with Gasteiger partial charge in [-0.2, -0.15) is 18.4 Å². The Kier molecular flexibility index (Phi) is 14.1. The van der Waals surface area contributed by atoms with Crippen LogP contribution in [-0.4, -0.2) is 96.7 Å². The lowest BCUT2D eigenvalue weighted by Gasteiger charge is -2.36. The summed E-state index contributed by atoms with van der Waals surface area (Å²) in [5, 5.41) is 9.30. The molecule has 1 aliphatic heterocycles. The molecule has 9 nitrogen and oxygen atoms in total. The van der Waals surface area contributed by atoms with Crippen molar-refractivity contribution < 1.29 is 27.6 Å². The predicted octanol–water partition coefficient (Wildman–Crippen LogP) is 6.49. The zero-order valence-corrected chi connectivity index (χ0v) is 32.0. The van der Waals surface area contributed by atoms with Gasteiger partial charge < -0.3 is 24.5 Å². The first kappa shape index (κ1) is 41.2. The predicted molar refractivity (Wildman–Crippen MR) is 211 cm³/mol. The van der Waals surface area contributed by atoms with Crippen molar-refractivity contribution >= 4 is 29.5 Å². The molecule has 1 fully saturated rings. The van der Waals surface area contributed by atoms with Crippen molar-refractivity contribution in [3.05, 3.63) is 143 Å². The lowest BCUT2D eigenvalue weighted by atomic mass is 10.0. The summed E-state index contributed by atoms with van der Waals surface area (Å²) in [6.07, 6.45) is -1.48. The van der Waals surface area contributed by atoms with Gasteiger partial charge in [-0.25, -0.2) is 0 Å². The fourth-order valence-corrected chi connectivity index (χ4v) is 6.66. The minimum absolute atomic E-state index is 0.0525. The van der Waals surface area contributed by atoms with Crippen LogP contribution in [0.3, 0.4) is 0 Å². The highest BCUT2D eigenvalue weighted by atomic mass is 19.4. The van der Waals surface area contributed by atoms with Crippen LogP contribution in [0.4, 0.5) is 18.9 Å². The number of piperazine rings is 1. The molecule has 0 N–H and O–H groups in total. The summed E-state index contributed by atoms with van der Waals surface area (Å²) in [5.41, 5.74) is 3.81. The number of carbonyl (C=O) groups is 3. The molecule has 12 heteroatoms. The van der Waals surface area contributed by atoms with Crippen molar-refractivity contribution in [1.29, 1.82) is 5.26 Å². The van der Waals surface area contributed by atoms with Gasteiger partial charge in [0.15, 0.2) is 0 Å². The second kappa shape index (κ2) is 19.1. The molecular weight excluding hydrogens is 718 g/mol. The van der Waals surface area contributed by atoms with Gasteiger partial charge in [-0.05, 0) is 71.8 Å². The second-order valence-electron chi connectivity index (χ2n) is 14.1. The fourth-order valence-electron chi connectivity index (χ4n) is 6.66. The Morgan fingerprint density at radius 1 is 0.804 bits per heavy atom. The minimum Gasteiger partial charge on any atom is -0.368 e. The van der Waals surface area contributed by atoms with Gasteiger partial charge in [0.05, 0.1) is 17.2 Å². The maximum absolute atomic E-state index is 14.5. The van der Waals surface area contributed by atoms with Crippen LogP contribution in [0.5, 0.6) is 0 Å². The van der Waals surface area contributed by atoms with Crippen LogP contribution in [0.2, 0.25) is 0 Å². The Morgan fingerprint density at radius 2 is 1.46 bits per heavy atom. The molecule has 4 aromatic carbocycles. The number of nitriles is 1. The van der Waals surface area contributed by atoms with E-state index in [1.807, 2.05) is 84.7 Å². The first-order chi connectivity index (χ1) is 26.8. The zero-order chi connectivity index (χ0) is 40.2. The number of likely N-dealkylation sites (N-methyl/N-ethyl adjacent to an activating group) is 2. The number of benzene rings is 4. The third-order valence-corrected chi connectivity index (χ3v) is 9.95. The highest BCUT2D eigenvalue weighted by molar-refractivity contribution is 5.95. The van der Waals surface area contributed by atoms with E-state index in [2.05, 4.69) is 15.9 Å². The van der Waals surface area contributed by atoms with Crippen LogP contribution < -0.4 is 4.90 Å². The molecule has 56 heavy (non-hydrogen) atoms. The summed E-state index contributed by atoms with van der Waals surface area (Å²) < 4.78 is 39.6. The fraction of sp³-hybridized carbons (Fsp3) is 0.318. The zero-order valence-electron chi connectivity index (χ0n) is 32.0. The summed E-state index contributed by atoms with van der Waals surface area (Å²) in [6.45, 7) is 5.79. The van der Waals surface area contributed by atoms with Gasteiger partial charge in [0, 0.05) is 84.5 Å². The van der Waals surface area contributed by atoms with Crippen LogP contribution in [0, 0.1) is 11.3 Å². The summed E-state index contributed by atoms with van der Waals surface area (Å²) >= 11 is 0. The number of anilines is 1. The molecule has 1 saturated heterocycles. The largest absolute Gasteiger partial charge is 0.416 e. The number of amides is 3. The molecule has 0 unspecified atom stereocenters. The molecule has 4 aromatic rings. The van der Waals surface area contributed by atoms with E-state index >= 15 is 0 Å². The number of halogens is 3. The van der Waals surface area contributed by atoms with Crippen LogP contribution in [0.25, 0.3) is 6.08 Å². The van der Waals surface area contributed by atoms with E-state index in [1.165, 1.54) is 29.2 Å². The number of nitrogens with zero attached hydrogens (tertiary/aromatic N) is 6. The molecule has 0 saturated carbocycles. The molecule has 1 heterocycles. The monoisotopic (exact) mass is 764 g/mol. The van der Waals surface area contributed by atoms with Crippen molar-refractivity contribution in [3.8, 4) is 6.07 Å². The number of hydrogen-bond acceptors (Lipinski definition) is 6. The van der Waals surface area contributed by atoms with Crippen molar-refractivity contribution in [3.63, 3.8) is 0 Å². The van der Waals surface area contributed by atoms with E-state index in [9.17, 15) is 32.8 Å². The summed E-state index contributed by atoms with van der Waals surface area (Å²) in [6, 6.07) is 30.4. The van der Waals surface area contributed by atoms with E-state index in [4.69, 9.17) is 0 Å². The molecule has 0 aromatic heterocycles. The first-order valence-corrected chi connectivity index (χ1v) is 18.5. The smallest absolute Gasteiger partial charge is 0.368 e. The number of carbonyl (C=O) groups excluding carboxylic acids is 3. The van der Waals surface area contributed by atoms with Gasteiger partial charge in [0.25, 0.3) is 0 Å². The van der Waals surface area contributed by atoms with Gasteiger partial charge in [0.1, 0.15) is 6.04 Å². The van der Waals surface area contributed by atoms with Gasteiger partial charge >= 0.3 is 6.18 Å². The Hall–Kier alpha value is -5.93. The van der Waals surface area contributed by atoms with Crippen molar-refractivity contribution in [1.82, 2.24) is 19.6 Å². The lowest BCUT2D eigenvalue weighted by molar-refractivity contribution is -0.143. The van der Waals surface area contributed by atoms with E-state index in [-0.39, 0.29) is 24.8 Å². The average Bonchev–Trinajstić information content (AvgIpc) is 3.20. The van der Waals surface area contributed by atoms with Crippen molar-refractivity contribution in [2.75, 3.05) is 58.3 Å². The standard InChI is InChI=1S/C44H47F3N6O3/c1-33(54)51-24-26-52(27-25-51)40-19-14-36(15-20-40)32-53(42(55)21-16-34-12-17-39(18-13-34)44(45,46)47)41(29-35-8-5-4-6-9-35)43(56)50(3)23-22-49(2)31-38-11-7-10-37(28-38)30-48/h4-21,28,41H,22-27,29,31-32H2,1-3H3/t41-/m0/s1. The van der Waals surface area contributed by atoms with E-state index in [0.717, 1.165) is 34.5 Å².